The minimum absolute atomic E-state index is 0.360. The lowest BCUT2D eigenvalue weighted by Crippen LogP contribution is -2.37. The molecule has 1 aromatic heterocycles. The van der Waals surface area contributed by atoms with E-state index in [4.69, 9.17) is 9.15 Å². The van der Waals surface area contributed by atoms with Crippen LogP contribution in [-0.2, 0) is 17.7 Å². The van der Waals surface area contributed by atoms with Crippen LogP contribution < -0.4 is 5.32 Å². The number of hydrogen-bond acceptors (Lipinski definition) is 3. The van der Waals surface area contributed by atoms with E-state index in [9.17, 15) is 0 Å². The van der Waals surface area contributed by atoms with Crippen LogP contribution in [-0.4, -0.2) is 19.8 Å². The molecule has 2 aromatic rings. The fourth-order valence-corrected chi connectivity index (χ4v) is 2.53. The van der Waals surface area contributed by atoms with Gasteiger partial charge in [-0.1, -0.05) is 39.0 Å². The van der Waals surface area contributed by atoms with Crippen molar-refractivity contribution < 1.29 is 9.15 Å². The minimum Gasteiger partial charge on any atom is -0.461 e. The number of furan rings is 1. The third kappa shape index (κ3) is 3.22. The number of para-hydroxylation sites is 1. The van der Waals surface area contributed by atoms with E-state index in [1.165, 1.54) is 10.9 Å². The van der Waals surface area contributed by atoms with Gasteiger partial charge in [-0.15, -0.1) is 0 Å². The van der Waals surface area contributed by atoms with Crippen LogP contribution in [0.25, 0.3) is 11.0 Å². The van der Waals surface area contributed by atoms with E-state index in [0.717, 1.165) is 30.9 Å². The largest absolute Gasteiger partial charge is 0.461 e. The molecule has 0 fully saturated rings. The first-order valence-electron chi connectivity index (χ1n) is 7.39. The summed E-state index contributed by atoms with van der Waals surface area (Å²) in [6.07, 6.45) is 0.919. The molecular formula is C17H25NO2. The maximum absolute atomic E-state index is 5.93. The third-order valence-corrected chi connectivity index (χ3v) is 3.80. The van der Waals surface area contributed by atoms with Gasteiger partial charge in [-0.2, -0.15) is 0 Å². The number of rotatable bonds is 7. The first-order chi connectivity index (χ1) is 9.67. The van der Waals surface area contributed by atoms with E-state index in [0.29, 0.717) is 12.0 Å². The summed E-state index contributed by atoms with van der Waals surface area (Å²) < 4.78 is 11.2. The maximum atomic E-state index is 5.93. The number of hydrogen-bond donors (Lipinski definition) is 1. The van der Waals surface area contributed by atoms with Gasteiger partial charge < -0.3 is 14.5 Å². The van der Waals surface area contributed by atoms with Crippen molar-refractivity contribution >= 4 is 11.0 Å². The molecule has 2 rings (SSSR count). The zero-order valence-electron chi connectivity index (χ0n) is 12.9. The molecule has 1 heterocycles. The van der Waals surface area contributed by atoms with Crippen molar-refractivity contribution in [3.8, 4) is 0 Å². The van der Waals surface area contributed by atoms with Gasteiger partial charge in [0.15, 0.2) is 0 Å². The maximum Gasteiger partial charge on any atom is 0.134 e. The van der Waals surface area contributed by atoms with Crippen molar-refractivity contribution in [2.24, 2.45) is 5.92 Å². The van der Waals surface area contributed by atoms with Crippen LogP contribution in [0.2, 0.25) is 0 Å². The lowest BCUT2D eigenvalue weighted by atomic mass is 10.0. The average Bonchev–Trinajstić information content (AvgIpc) is 2.81. The Hall–Kier alpha value is -1.32. The van der Waals surface area contributed by atoms with Gasteiger partial charge in [0.1, 0.15) is 11.3 Å². The van der Waals surface area contributed by atoms with Crippen LogP contribution in [0.15, 0.2) is 28.7 Å². The van der Waals surface area contributed by atoms with Gasteiger partial charge in [0.05, 0.1) is 6.61 Å². The van der Waals surface area contributed by atoms with Crippen molar-refractivity contribution in [2.75, 3.05) is 13.7 Å². The van der Waals surface area contributed by atoms with E-state index < -0.39 is 0 Å². The summed E-state index contributed by atoms with van der Waals surface area (Å²) in [7, 11) is 1.75. The summed E-state index contributed by atoms with van der Waals surface area (Å²) >= 11 is 0. The predicted molar refractivity (Wildman–Crippen MR) is 82.9 cm³/mol. The van der Waals surface area contributed by atoms with Crippen molar-refractivity contribution in [3.63, 3.8) is 0 Å². The van der Waals surface area contributed by atoms with Crippen molar-refractivity contribution in [3.05, 3.63) is 35.6 Å². The van der Waals surface area contributed by atoms with Crippen molar-refractivity contribution in [1.29, 1.82) is 0 Å². The summed E-state index contributed by atoms with van der Waals surface area (Å²) in [5, 5.41) is 4.82. The normalized spacial score (nSPS) is 13.2. The monoisotopic (exact) mass is 275 g/mol. The fraction of sp³-hybridized carbons (Fsp3) is 0.529. The van der Waals surface area contributed by atoms with Gasteiger partial charge in [-0.05, 0) is 12.0 Å². The second kappa shape index (κ2) is 6.91. The summed E-state index contributed by atoms with van der Waals surface area (Å²) in [5.41, 5.74) is 2.26. The predicted octanol–water partition coefficient (Wildman–Crippen LogP) is 3.76. The van der Waals surface area contributed by atoms with Crippen LogP contribution in [0.3, 0.4) is 0 Å². The molecule has 0 spiro atoms. The molecule has 1 atom stereocenters. The van der Waals surface area contributed by atoms with Crippen molar-refractivity contribution in [1.82, 2.24) is 5.32 Å². The van der Waals surface area contributed by atoms with Crippen LogP contribution in [0.4, 0.5) is 0 Å². The molecule has 1 N–H and O–H groups in total. The molecule has 0 saturated carbocycles. The van der Waals surface area contributed by atoms with Gasteiger partial charge in [-0.25, -0.2) is 0 Å². The molecule has 0 saturated heterocycles. The topological polar surface area (TPSA) is 34.4 Å². The third-order valence-electron chi connectivity index (χ3n) is 3.80. The van der Waals surface area contributed by atoms with E-state index in [2.05, 4.69) is 38.2 Å². The Morgan fingerprint density at radius 3 is 2.65 bits per heavy atom. The van der Waals surface area contributed by atoms with E-state index in [1.54, 1.807) is 7.11 Å². The molecule has 3 nitrogen and oxygen atoms in total. The highest BCUT2D eigenvalue weighted by atomic mass is 16.5. The highest BCUT2D eigenvalue weighted by Crippen LogP contribution is 2.26. The number of fused-ring (bicyclic) bond motifs is 1. The van der Waals surface area contributed by atoms with Crippen LogP contribution in [0, 0.1) is 5.92 Å². The Morgan fingerprint density at radius 1 is 1.25 bits per heavy atom. The lowest BCUT2D eigenvalue weighted by Gasteiger charge is -2.21. The SMILES string of the molecule is CCc1oc2ccccc2c1CNC(COC)C(C)C. The van der Waals surface area contributed by atoms with E-state index in [1.807, 2.05) is 12.1 Å². The number of ether oxygens (including phenoxy) is 1. The Bertz CT molecular complexity index is 545. The minimum atomic E-state index is 0.360. The van der Waals surface area contributed by atoms with Crippen molar-refractivity contribution in [2.45, 2.75) is 39.8 Å². The Balaban J connectivity index is 2.19. The van der Waals surface area contributed by atoms with Gasteiger partial charge in [0.25, 0.3) is 0 Å². The Labute approximate surface area is 121 Å². The number of aryl methyl sites for hydroxylation is 1. The molecule has 0 aliphatic carbocycles. The second-order valence-corrected chi connectivity index (χ2v) is 5.54. The van der Waals surface area contributed by atoms with Gasteiger partial charge in [0, 0.05) is 37.1 Å². The van der Waals surface area contributed by atoms with E-state index >= 15 is 0 Å². The Morgan fingerprint density at radius 2 is 2.00 bits per heavy atom. The lowest BCUT2D eigenvalue weighted by molar-refractivity contribution is 0.146. The molecule has 0 aliphatic heterocycles. The zero-order valence-corrected chi connectivity index (χ0v) is 12.9. The summed E-state index contributed by atoms with van der Waals surface area (Å²) in [6, 6.07) is 8.61. The second-order valence-electron chi connectivity index (χ2n) is 5.54. The quantitative estimate of drug-likeness (QED) is 0.835. The number of benzene rings is 1. The zero-order chi connectivity index (χ0) is 14.5. The molecule has 110 valence electrons. The molecule has 0 radical (unpaired) electrons. The molecule has 0 aliphatic rings. The molecule has 1 unspecified atom stereocenters. The summed E-state index contributed by atoms with van der Waals surface area (Å²) in [4.78, 5) is 0. The first-order valence-corrected chi connectivity index (χ1v) is 7.39. The van der Waals surface area contributed by atoms with Crippen LogP contribution in [0.1, 0.15) is 32.1 Å². The Kier molecular flexibility index (Phi) is 5.21. The summed E-state index contributed by atoms with van der Waals surface area (Å²) in [6.45, 7) is 8.12. The average molecular weight is 275 g/mol. The van der Waals surface area contributed by atoms with Gasteiger partial charge in [-0.3, -0.25) is 0 Å². The fourth-order valence-electron chi connectivity index (χ4n) is 2.53. The molecule has 0 bridgehead atoms. The molecule has 1 aromatic carbocycles. The molecule has 0 amide bonds. The van der Waals surface area contributed by atoms with E-state index in [-0.39, 0.29) is 0 Å². The number of nitrogens with one attached hydrogen (secondary N) is 1. The standard InChI is InChI=1S/C17H25NO2/c1-5-16-14(10-18-15(11-19-4)12(2)3)13-8-6-7-9-17(13)20-16/h6-9,12,15,18H,5,10-11H2,1-4H3. The molecule has 3 heteroatoms. The van der Waals surface area contributed by atoms with Crippen LogP contribution in [0.5, 0.6) is 0 Å². The van der Waals surface area contributed by atoms with Gasteiger partial charge in [0.2, 0.25) is 0 Å². The highest BCUT2D eigenvalue weighted by molar-refractivity contribution is 5.82. The highest BCUT2D eigenvalue weighted by Gasteiger charge is 2.16. The number of methoxy groups -OCH3 is 1. The van der Waals surface area contributed by atoms with Crippen LogP contribution >= 0.6 is 0 Å². The smallest absolute Gasteiger partial charge is 0.134 e. The molecule has 20 heavy (non-hydrogen) atoms. The molecular weight excluding hydrogens is 250 g/mol. The first kappa shape index (κ1) is 15.1. The van der Waals surface area contributed by atoms with Gasteiger partial charge >= 0.3 is 0 Å². The summed E-state index contributed by atoms with van der Waals surface area (Å²) in [5.74, 6) is 1.62.